The van der Waals surface area contributed by atoms with Crippen molar-refractivity contribution in [3.63, 3.8) is 0 Å². The Labute approximate surface area is 470 Å². The van der Waals surface area contributed by atoms with Crippen molar-refractivity contribution in [2.24, 2.45) is 0 Å². The van der Waals surface area contributed by atoms with E-state index >= 15 is 0 Å². The maximum absolute atomic E-state index is 7.48. The van der Waals surface area contributed by atoms with Crippen molar-refractivity contribution in [3.8, 4) is 45.1 Å². The van der Waals surface area contributed by atoms with Crippen LogP contribution in [0.3, 0.4) is 0 Å². The van der Waals surface area contributed by atoms with E-state index < -0.39 is 0 Å². The molecule has 0 bridgehead atoms. The van der Waals surface area contributed by atoms with Gasteiger partial charge in [0.05, 0.1) is 27.8 Å². The number of thiophene rings is 1. The summed E-state index contributed by atoms with van der Waals surface area (Å²) in [6, 6.07) is 86.3. The lowest BCUT2D eigenvalue weighted by Gasteiger charge is -2.42. The molecule has 0 spiro atoms. The van der Waals surface area contributed by atoms with Crippen molar-refractivity contribution in [1.29, 1.82) is 0 Å². The zero-order chi connectivity index (χ0) is 53.4. The van der Waals surface area contributed by atoms with Gasteiger partial charge in [-0.05, 0) is 153 Å². The second-order valence-corrected chi connectivity index (χ2v) is 24.2. The van der Waals surface area contributed by atoms with E-state index in [0.717, 1.165) is 42.1 Å². The number of rotatable bonds is 8. The molecular formula is C74H56BN3OS. The average molecular weight is 1050 g/mol. The predicted molar refractivity (Wildman–Crippen MR) is 342 cm³/mol. The van der Waals surface area contributed by atoms with Crippen LogP contribution in [0.1, 0.15) is 51.7 Å². The van der Waals surface area contributed by atoms with Crippen LogP contribution in [-0.2, 0) is 11.8 Å². The third kappa shape index (κ3) is 7.21. The maximum atomic E-state index is 7.48. The molecule has 3 aromatic heterocycles. The first-order valence-corrected chi connectivity index (χ1v) is 29.1. The number of para-hydroxylation sites is 2. The summed E-state index contributed by atoms with van der Waals surface area (Å²) in [6.45, 7) is 9.21. The SMILES string of the molecule is CCCCc1cc2c(cc1N1c3cc(-n4c5ccccc5c5cc(-c6ccccc6)ccc54)ccc3B3c4ccc(-n5c6ccccc6c6cc(-c7ccccc7)ccc65)cc4Oc4cc(C(C)(C)C)cc1c43)sc1ccccc12. The smallest absolute Gasteiger partial charge is 0.256 e. The van der Waals surface area contributed by atoms with E-state index in [9.17, 15) is 0 Å². The highest BCUT2D eigenvalue weighted by Crippen LogP contribution is 2.49. The van der Waals surface area contributed by atoms with Crippen LogP contribution >= 0.6 is 11.3 Å². The van der Waals surface area contributed by atoms with Gasteiger partial charge in [0.25, 0.3) is 6.71 Å². The molecule has 0 fully saturated rings. The van der Waals surface area contributed by atoms with Gasteiger partial charge in [0.15, 0.2) is 0 Å². The molecule has 16 rings (SSSR count). The van der Waals surface area contributed by atoms with Gasteiger partial charge in [0.1, 0.15) is 11.5 Å². The maximum Gasteiger partial charge on any atom is 0.256 e. The minimum Gasteiger partial charge on any atom is -0.458 e. The second-order valence-electron chi connectivity index (χ2n) is 23.1. The highest BCUT2D eigenvalue weighted by molar-refractivity contribution is 7.25. The Morgan fingerprint density at radius 1 is 0.425 bits per heavy atom. The molecule has 14 aromatic rings. The normalized spacial score (nSPS) is 12.9. The summed E-state index contributed by atoms with van der Waals surface area (Å²) in [6.07, 6.45) is 3.17. The average Bonchev–Trinajstić information content (AvgIpc) is 4.01. The Bertz CT molecular complexity index is 4850. The van der Waals surface area contributed by atoms with Gasteiger partial charge >= 0.3 is 0 Å². The molecule has 0 N–H and O–H groups in total. The molecule has 5 heterocycles. The van der Waals surface area contributed by atoms with Crippen molar-refractivity contribution in [1.82, 2.24) is 9.13 Å². The quantitative estimate of drug-likeness (QED) is 0.142. The number of aromatic nitrogens is 2. The molecule has 0 aliphatic carbocycles. The zero-order valence-corrected chi connectivity index (χ0v) is 46.1. The van der Waals surface area contributed by atoms with Crippen molar-refractivity contribution in [2.75, 3.05) is 4.90 Å². The Morgan fingerprint density at radius 2 is 1.00 bits per heavy atom. The molecule has 2 aliphatic rings. The molecule has 0 amide bonds. The van der Waals surface area contributed by atoms with Crippen molar-refractivity contribution >= 4 is 115 Å². The van der Waals surface area contributed by atoms with Gasteiger partial charge < -0.3 is 18.8 Å². The van der Waals surface area contributed by atoms with Crippen molar-refractivity contribution < 1.29 is 4.74 Å². The third-order valence-electron chi connectivity index (χ3n) is 17.3. The molecule has 0 unspecified atom stereocenters. The number of aryl methyl sites for hydroxylation is 1. The van der Waals surface area contributed by atoms with Gasteiger partial charge in [-0.3, -0.25) is 0 Å². The summed E-state index contributed by atoms with van der Waals surface area (Å²) < 4.78 is 15.0. The van der Waals surface area contributed by atoms with E-state index in [1.807, 2.05) is 11.3 Å². The van der Waals surface area contributed by atoms with Gasteiger partial charge in [-0.2, -0.15) is 0 Å². The van der Waals surface area contributed by atoms with Crippen LogP contribution in [0.4, 0.5) is 17.1 Å². The number of unbranched alkanes of at least 4 members (excludes halogenated alkanes) is 1. The van der Waals surface area contributed by atoms with Crippen LogP contribution in [0.5, 0.6) is 11.5 Å². The molecule has 6 heteroatoms. The minimum absolute atomic E-state index is 0.0996. The van der Waals surface area contributed by atoms with Gasteiger partial charge in [-0.15, -0.1) is 11.3 Å². The second kappa shape index (κ2) is 18.0. The topological polar surface area (TPSA) is 22.3 Å². The fourth-order valence-electron chi connectivity index (χ4n) is 13.4. The number of ether oxygens (including phenoxy) is 1. The molecular weight excluding hydrogens is 990 g/mol. The Hall–Kier alpha value is -9.10. The standard InChI is InChI=1S/C74H56BN3OS/c1-5-6-19-50-40-59-56-26-15-18-29-71(56)80-72(59)45-66(50)78-67-43-52(76-62-27-16-13-24-54(62)57-38-48(30-36-64(57)76)46-20-9-7-10-21-46)32-34-60(67)75-61-35-33-53(44-69(61)79-70-42-51(74(2,3)4)41-68(78)73(70)75)77-63-28-17-14-25-55(63)58-39-49(31-37-65(58)77)47-22-11-8-12-23-47/h7-18,20-45H,5-6,19H2,1-4H3. The van der Waals surface area contributed by atoms with Gasteiger partial charge in [0, 0.05) is 70.5 Å². The van der Waals surface area contributed by atoms with Crippen molar-refractivity contribution in [3.05, 3.63) is 242 Å². The van der Waals surface area contributed by atoms with Crippen molar-refractivity contribution in [2.45, 2.75) is 52.4 Å². The monoisotopic (exact) mass is 1050 g/mol. The minimum atomic E-state index is -0.177. The number of hydrogen-bond donors (Lipinski definition) is 0. The predicted octanol–water partition coefficient (Wildman–Crippen LogP) is 18.6. The third-order valence-corrected chi connectivity index (χ3v) is 18.4. The molecule has 2 aliphatic heterocycles. The highest BCUT2D eigenvalue weighted by Gasteiger charge is 2.44. The van der Waals surface area contributed by atoms with Crippen LogP contribution in [0.2, 0.25) is 0 Å². The fourth-order valence-corrected chi connectivity index (χ4v) is 14.5. The van der Waals surface area contributed by atoms with Crippen LogP contribution in [0, 0.1) is 0 Å². The number of fused-ring (bicyclic) bond motifs is 13. The molecule has 0 saturated carbocycles. The summed E-state index contributed by atoms with van der Waals surface area (Å²) in [4.78, 5) is 2.64. The largest absolute Gasteiger partial charge is 0.458 e. The summed E-state index contributed by atoms with van der Waals surface area (Å²) in [5, 5.41) is 7.61. The Kier molecular flexibility index (Phi) is 10.5. The molecule has 0 saturated heterocycles. The first-order chi connectivity index (χ1) is 39.3. The summed E-state index contributed by atoms with van der Waals surface area (Å²) >= 11 is 1.90. The fraction of sp³-hybridized carbons (Fsp3) is 0.108. The number of hydrogen-bond acceptors (Lipinski definition) is 3. The van der Waals surface area contributed by atoms with Gasteiger partial charge in [-0.1, -0.05) is 174 Å². The van der Waals surface area contributed by atoms with E-state index in [1.54, 1.807) is 0 Å². The number of anilines is 3. The number of benzene rings is 11. The molecule has 0 atom stereocenters. The highest BCUT2D eigenvalue weighted by atomic mass is 32.1. The molecule has 80 heavy (non-hydrogen) atoms. The van der Waals surface area contributed by atoms with Gasteiger partial charge in [0.2, 0.25) is 0 Å². The molecule has 382 valence electrons. The summed E-state index contributed by atoms with van der Waals surface area (Å²) in [5.74, 6) is 1.81. The molecule has 11 aromatic carbocycles. The van der Waals surface area contributed by atoms with E-state index in [4.69, 9.17) is 4.74 Å². The first-order valence-electron chi connectivity index (χ1n) is 28.3. The van der Waals surface area contributed by atoms with Crippen LogP contribution in [0.15, 0.2) is 231 Å². The van der Waals surface area contributed by atoms with E-state index in [0.29, 0.717) is 0 Å². The lowest BCUT2D eigenvalue weighted by atomic mass is 9.34. The van der Waals surface area contributed by atoms with Crippen LogP contribution in [0.25, 0.3) is 97.4 Å². The van der Waals surface area contributed by atoms with Crippen LogP contribution < -0.4 is 26.0 Å². The van der Waals surface area contributed by atoms with E-state index in [1.165, 1.54) is 131 Å². The molecule has 0 radical (unpaired) electrons. The summed E-state index contributed by atoms with van der Waals surface area (Å²) in [5.41, 5.74) is 21.4. The van der Waals surface area contributed by atoms with E-state index in [2.05, 4.69) is 272 Å². The Morgan fingerprint density at radius 3 is 1.64 bits per heavy atom. The van der Waals surface area contributed by atoms with Crippen LogP contribution in [-0.4, -0.2) is 15.8 Å². The summed E-state index contributed by atoms with van der Waals surface area (Å²) in [7, 11) is 0. The lowest BCUT2D eigenvalue weighted by Crippen LogP contribution is -2.59. The van der Waals surface area contributed by atoms with Gasteiger partial charge in [-0.25, -0.2) is 0 Å². The zero-order valence-electron chi connectivity index (χ0n) is 45.3. The van der Waals surface area contributed by atoms with E-state index in [-0.39, 0.29) is 12.1 Å². The Balaban J connectivity index is 0.947. The number of nitrogens with zero attached hydrogens (tertiary/aromatic N) is 3. The lowest BCUT2D eigenvalue weighted by molar-refractivity contribution is 0.483. The molecule has 4 nitrogen and oxygen atoms in total. The first kappa shape index (κ1) is 47.0.